The number of rotatable bonds is 10. The molecule has 1 aromatic heterocycles. The van der Waals surface area contributed by atoms with Gasteiger partial charge in [-0.25, -0.2) is 4.79 Å². The second kappa shape index (κ2) is 12.4. The standard InChI is InChI=1S/C27H33BrN4O4/c1-17(33)24(32-27(35)36-16-18-7-3-2-4-8-18)26(34)30-14-6-13-29-23-10-5-9-20-21-15-19(28)11-12-22(21)31-25(20)23/h2-4,7-8,11-12,15,17,23-24,29,31,33H,5-6,9-10,13-14,16H2,1H3,(H,30,34)(H,32,35)/t17-,23?,24+/m1/s1. The maximum absolute atomic E-state index is 12.6. The molecule has 3 aromatic rings. The summed E-state index contributed by atoms with van der Waals surface area (Å²) in [4.78, 5) is 28.3. The van der Waals surface area contributed by atoms with Crippen LogP contribution in [0.2, 0.25) is 0 Å². The van der Waals surface area contributed by atoms with Gasteiger partial charge in [0.15, 0.2) is 0 Å². The van der Waals surface area contributed by atoms with Crippen molar-refractivity contribution in [2.75, 3.05) is 13.1 Å². The SMILES string of the molecule is C[C@@H](O)[C@H](NC(=O)OCc1ccccc1)C(=O)NCCCNC1CCCc2c1[nH]c1ccc(Br)cc21. The first-order valence-electron chi connectivity index (χ1n) is 12.4. The fraction of sp³-hybridized carbons (Fsp3) is 0.407. The first kappa shape index (κ1) is 26.2. The van der Waals surface area contributed by atoms with Gasteiger partial charge < -0.3 is 30.8 Å². The third kappa shape index (κ3) is 6.66. The van der Waals surface area contributed by atoms with E-state index in [1.54, 1.807) is 0 Å². The molecule has 5 N–H and O–H groups in total. The van der Waals surface area contributed by atoms with Crippen molar-refractivity contribution in [3.8, 4) is 0 Å². The van der Waals surface area contributed by atoms with Crippen LogP contribution < -0.4 is 16.0 Å². The van der Waals surface area contributed by atoms with Gasteiger partial charge in [-0.05, 0) is 68.5 Å². The molecule has 192 valence electrons. The molecule has 0 bridgehead atoms. The second-order valence-corrected chi connectivity index (χ2v) is 10.1. The third-order valence-electron chi connectivity index (χ3n) is 6.46. The molecule has 0 saturated carbocycles. The zero-order chi connectivity index (χ0) is 25.5. The van der Waals surface area contributed by atoms with E-state index in [2.05, 4.69) is 49.0 Å². The van der Waals surface area contributed by atoms with Crippen molar-refractivity contribution in [2.24, 2.45) is 0 Å². The summed E-state index contributed by atoms with van der Waals surface area (Å²) in [7, 11) is 0. The average Bonchev–Trinajstić information content (AvgIpc) is 3.24. The Morgan fingerprint density at radius 3 is 2.78 bits per heavy atom. The van der Waals surface area contributed by atoms with Crippen LogP contribution in [0, 0.1) is 0 Å². The zero-order valence-corrected chi connectivity index (χ0v) is 21.9. The summed E-state index contributed by atoms with van der Waals surface area (Å²) < 4.78 is 6.25. The number of hydrogen-bond acceptors (Lipinski definition) is 5. The fourth-order valence-electron chi connectivity index (χ4n) is 4.62. The van der Waals surface area contributed by atoms with Gasteiger partial charge in [-0.15, -0.1) is 0 Å². The average molecular weight is 557 g/mol. The smallest absolute Gasteiger partial charge is 0.408 e. The van der Waals surface area contributed by atoms with Gasteiger partial charge in [-0.3, -0.25) is 4.79 Å². The number of aromatic amines is 1. The van der Waals surface area contributed by atoms with Crippen molar-refractivity contribution < 1.29 is 19.4 Å². The number of aliphatic hydroxyl groups excluding tert-OH is 1. The van der Waals surface area contributed by atoms with Crippen LogP contribution in [0.4, 0.5) is 4.79 Å². The number of nitrogens with one attached hydrogen (secondary N) is 4. The minimum atomic E-state index is -1.09. The molecule has 2 amide bonds. The molecule has 2 aromatic carbocycles. The number of hydrogen-bond donors (Lipinski definition) is 5. The van der Waals surface area contributed by atoms with E-state index in [-0.39, 0.29) is 12.6 Å². The van der Waals surface area contributed by atoms with Gasteiger partial charge in [0, 0.05) is 33.7 Å². The molecule has 9 heteroatoms. The third-order valence-corrected chi connectivity index (χ3v) is 6.96. The number of aliphatic hydroxyl groups is 1. The van der Waals surface area contributed by atoms with E-state index >= 15 is 0 Å². The van der Waals surface area contributed by atoms with E-state index in [0.29, 0.717) is 13.0 Å². The van der Waals surface area contributed by atoms with Crippen molar-refractivity contribution in [1.82, 2.24) is 20.9 Å². The number of carbonyl (C=O) groups excluding carboxylic acids is 2. The molecular formula is C27H33BrN4O4. The molecule has 8 nitrogen and oxygen atoms in total. The first-order valence-corrected chi connectivity index (χ1v) is 13.2. The van der Waals surface area contributed by atoms with Gasteiger partial charge >= 0.3 is 6.09 Å². The van der Waals surface area contributed by atoms with Gasteiger partial charge in [0.2, 0.25) is 5.91 Å². The Kier molecular flexibility index (Phi) is 9.01. The minimum Gasteiger partial charge on any atom is -0.445 e. The van der Waals surface area contributed by atoms with Gasteiger partial charge in [-0.1, -0.05) is 46.3 Å². The Bertz CT molecular complexity index is 1180. The van der Waals surface area contributed by atoms with Gasteiger partial charge in [0.1, 0.15) is 12.6 Å². The lowest BCUT2D eigenvalue weighted by Crippen LogP contribution is -2.52. The number of H-pyrrole nitrogens is 1. The maximum atomic E-state index is 12.6. The minimum absolute atomic E-state index is 0.0863. The summed E-state index contributed by atoms with van der Waals surface area (Å²) >= 11 is 3.57. The van der Waals surface area contributed by atoms with Crippen molar-refractivity contribution in [1.29, 1.82) is 0 Å². The zero-order valence-electron chi connectivity index (χ0n) is 20.4. The van der Waals surface area contributed by atoms with Crippen molar-refractivity contribution in [3.05, 3.63) is 69.8 Å². The molecule has 1 aliphatic carbocycles. The lowest BCUT2D eigenvalue weighted by atomic mass is 9.91. The largest absolute Gasteiger partial charge is 0.445 e. The summed E-state index contributed by atoms with van der Waals surface area (Å²) in [5, 5.41) is 20.2. The quantitative estimate of drug-likeness (QED) is 0.241. The Balaban J connectivity index is 1.21. The van der Waals surface area contributed by atoms with Crippen molar-refractivity contribution in [3.63, 3.8) is 0 Å². The Morgan fingerprint density at radius 1 is 1.19 bits per heavy atom. The highest BCUT2D eigenvalue weighted by Crippen LogP contribution is 2.35. The number of amides is 2. The summed E-state index contributed by atoms with van der Waals surface area (Å²) in [5.74, 6) is -0.442. The number of benzene rings is 2. The highest BCUT2D eigenvalue weighted by atomic mass is 79.9. The van der Waals surface area contributed by atoms with Gasteiger partial charge in [-0.2, -0.15) is 0 Å². The number of fused-ring (bicyclic) bond motifs is 3. The topological polar surface area (TPSA) is 115 Å². The van der Waals surface area contributed by atoms with E-state index in [0.717, 1.165) is 41.4 Å². The Morgan fingerprint density at radius 2 is 2.00 bits per heavy atom. The number of ether oxygens (including phenoxy) is 1. The predicted molar refractivity (Wildman–Crippen MR) is 143 cm³/mol. The maximum Gasteiger partial charge on any atom is 0.408 e. The molecule has 1 unspecified atom stereocenters. The molecule has 0 radical (unpaired) electrons. The monoisotopic (exact) mass is 556 g/mol. The van der Waals surface area contributed by atoms with Crippen LogP contribution in [0.3, 0.4) is 0 Å². The van der Waals surface area contributed by atoms with E-state index in [9.17, 15) is 14.7 Å². The van der Waals surface area contributed by atoms with Crippen LogP contribution in [0.1, 0.15) is 49.0 Å². The first-order chi connectivity index (χ1) is 17.4. The molecule has 36 heavy (non-hydrogen) atoms. The summed E-state index contributed by atoms with van der Waals surface area (Å²) in [6, 6.07) is 14.7. The molecule has 1 heterocycles. The molecule has 4 rings (SSSR count). The normalized spacial score (nSPS) is 16.7. The van der Waals surface area contributed by atoms with Crippen LogP contribution >= 0.6 is 15.9 Å². The number of carbonyl (C=O) groups is 2. The predicted octanol–water partition coefficient (Wildman–Crippen LogP) is 4.08. The van der Waals surface area contributed by atoms with Crippen LogP contribution in [0.15, 0.2) is 53.0 Å². The highest BCUT2D eigenvalue weighted by molar-refractivity contribution is 9.10. The fourth-order valence-corrected chi connectivity index (χ4v) is 4.98. The number of aromatic nitrogens is 1. The van der Waals surface area contributed by atoms with Crippen LogP contribution in [-0.4, -0.2) is 47.3 Å². The number of alkyl carbamates (subject to hydrolysis) is 1. The van der Waals surface area contributed by atoms with Crippen molar-refractivity contribution >= 4 is 38.8 Å². The van der Waals surface area contributed by atoms with Crippen molar-refractivity contribution in [2.45, 2.75) is 57.4 Å². The van der Waals surface area contributed by atoms with Crippen LogP contribution in [-0.2, 0) is 22.6 Å². The molecular weight excluding hydrogens is 524 g/mol. The summed E-state index contributed by atoms with van der Waals surface area (Å²) in [6.45, 7) is 2.70. The number of aryl methyl sites for hydroxylation is 1. The van der Waals surface area contributed by atoms with Gasteiger partial charge in [0.25, 0.3) is 0 Å². The lowest BCUT2D eigenvalue weighted by Gasteiger charge is -2.24. The molecule has 3 atom stereocenters. The second-order valence-electron chi connectivity index (χ2n) is 9.17. The number of halogens is 1. The summed E-state index contributed by atoms with van der Waals surface area (Å²) in [5.41, 5.74) is 4.63. The summed E-state index contributed by atoms with van der Waals surface area (Å²) in [6.07, 6.45) is 2.17. The molecule has 0 fully saturated rings. The molecule has 0 spiro atoms. The molecule has 0 saturated heterocycles. The van der Waals surface area contributed by atoms with E-state index in [1.807, 2.05) is 36.4 Å². The van der Waals surface area contributed by atoms with Crippen LogP contribution in [0.25, 0.3) is 10.9 Å². The Labute approximate surface area is 219 Å². The van der Waals surface area contributed by atoms with E-state index in [1.165, 1.54) is 23.6 Å². The van der Waals surface area contributed by atoms with Gasteiger partial charge in [0.05, 0.1) is 6.10 Å². The molecule has 0 aliphatic heterocycles. The van der Waals surface area contributed by atoms with E-state index in [4.69, 9.17) is 4.74 Å². The Hall–Kier alpha value is -2.88. The highest BCUT2D eigenvalue weighted by Gasteiger charge is 2.26. The van der Waals surface area contributed by atoms with E-state index < -0.39 is 24.1 Å². The van der Waals surface area contributed by atoms with Crippen LogP contribution in [0.5, 0.6) is 0 Å². The molecule has 1 aliphatic rings. The lowest BCUT2D eigenvalue weighted by molar-refractivity contribution is -0.125.